The number of hydrogen-bond donors (Lipinski definition) is 1. The van der Waals surface area contributed by atoms with E-state index in [1.807, 2.05) is 19.2 Å². The van der Waals surface area contributed by atoms with Gasteiger partial charge in [0.25, 0.3) is 0 Å². The first-order chi connectivity index (χ1) is 12.0. The zero-order chi connectivity index (χ0) is 17.8. The smallest absolute Gasteiger partial charge is 0.225 e. The van der Waals surface area contributed by atoms with Crippen molar-refractivity contribution < 1.29 is 9.59 Å². The third-order valence-corrected chi connectivity index (χ3v) is 6.38. The Bertz CT molecular complexity index is 608. The number of nitrogens with one attached hydrogen (secondary N) is 1. The highest BCUT2D eigenvalue weighted by atomic mass is 32.1. The topological polar surface area (TPSA) is 62.3 Å². The minimum absolute atomic E-state index is 0.00777. The summed E-state index contributed by atoms with van der Waals surface area (Å²) in [7, 11) is 0. The van der Waals surface area contributed by atoms with Gasteiger partial charge in [0.15, 0.2) is 0 Å². The van der Waals surface area contributed by atoms with Gasteiger partial charge in [-0.15, -0.1) is 11.3 Å². The maximum atomic E-state index is 12.7. The summed E-state index contributed by atoms with van der Waals surface area (Å²) < 4.78 is 0. The summed E-state index contributed by atoms with van der Waals surface area (Å²) in [6.45, 7) is 5.97. The molecule has 1 saturated heterocycles. The van der Waals surface area contributed by atoms with E-state index in [0.29, 0.717) is 18.4 Å². The third-order valence-electron chi connectivity index (χ3n) is 5.32. The highest BCUT2D eigenvalue weighted by molar-refractivity contribution is 7.09. The first-order valence-electron chi connectivity index (χ1n) is 9.55. The monoisotopic (exact) mass is 363 g/mol. The van der Waals surface area contributed by atoms with Gasteiger partial charge in [-0.25, -0.2) is 4.98 Å². The first kappa shape index (κ1) is 18.4. The molecule has 2 aliphatic rings. The highest BCUT2D eigenvalue weighted by Crippen LogP contribution is 2.32. The van der Waals surface area contributed by atoms with Crippen molar-refractivity contribution in [1.82, 2.24) is 15.2 Å². The van der Waals surface area contributed by atoms with Crippen LogP contribution in [0.2, 0.25) is 0 Å². The first-order valence-corrected chi connectivity index (χ1v) is 10.4. The van der Waals surface area contributed by atoms with Crippen LogP contribution in [0.5, 0.6) is 0 Å². The molecule has 1 N–H and O–H groups in total. The quantitative estimate of drug-likeness (QED) is 0.873. The number of hydrogen-bond acceptors (Lipinski definition) is 4. The second kappa shape index (κ2) is 8.30. The Kier molecular flexibility index (Phi) is 6.10. The van der Waals surface area contributed by atoms with Crippen LogP contribution in [-0.4, -0.2) is 34.8 Å². The minimum Gasteiger partial charge on any atom is -0.350 e. The summed E-state index contributed by atoms with van der Waals surface area (Å²) in [5.74, 6) is 1.02. The fraction of sp³-hybridized carbons (Fsp3) is 0.737. The number of piperidine rings is 1. The van der Waals surface area contributed by atoms with Gasteiger partial charge in [-0.05, 0) is 25.7 Å². The van der Waals surface area contributed by atoms with Crippen molar-refractivity contribution in [2.24, 2.45) is 11.8 Å². The summed E-state index contributed by atoms with van der Waals surface area (Å²) in [4.78, 5) is 31.2. The molecule has 0 spiro atoms. The molecule has 1 aromatic heterocycles. The molecule has 1 atom stereocenters. The van der Waals surface area contributed by atoms with Crippen LogP contribution < -0.4 is 5.32 Å². The predicted octanol–water partition coefficient (Wildman–Crippen LogP) is 3.31. The summed E-state index contributed by atoms with van der Waals surface area (Å²) >= 11 is 1.66. The Labute approximate surface area is 154 Å². The summed E-state index contributed by atoms with van der Waals surface area (Å²) in [5, 5.41) is 6.06. The van der Waals surface area contributed by atoms with Crippen molar-refractivity contribution in [2.75, 3.05) is 13.1 Å². The van der Waals surface area contributed by atoms with E-state index in [1.54, 1.807) is 11.3 Å². The number of nitrogens with zero attached hydrogens (tertiary/aromatic N) is 2. The standard InChI is InChI=1S/C19H29N3O2S/c1-13(2)17(23)20-10-16-12-25-18(21-16)15-8-5-9-22(11-15)19(24)14-6-3-4-7-14/h12-15H,3-11H2,1-2H3,(H,20,23). The van der Waals surface area contributed by atoms with Crippen LogP contribution in [0, 0.1) is 11.8 Å². The molecule has 1 saturated carbocycles. The zero-order valence-corrected chi connectivity index (χ0v) is 16.1. The van der Waals surface area contributed by atoms with Gasteiger partial charge >= 0.3 is 0 Å². The normalized spacial score (nSPS) is 21.7. The predicted molar refractivity (Wildman–Crippen MR) is 99.3 cm³/mol. The number of carbonyl (C=O) groups excluding carboxylic acids is 2. The minimum atomic E-state index is -0.00777. The average Bonchev–Trinajstić information content (AvgIpc) is 3.30. The van der Waals surface area contributed by atoms with Crippen LogP contribution in [0.25, 0.3) is 0 Å². The molecule has 2 amide bonds. The maximum Gasteiger partial charge on any atom is 0.225 e. The molecular weight excluding hydrogens is 334 g/mol. The van der Waals surface area contributed by atoms with Crippen LogP contribution in [0.15, 0.2) is 5.38 Å². The Morgan fingerprint density at radius 3 is 2.76 bits per heavy atom. The van der Waals surface area contributed by atoms with Crippen LogP contribution in [0.3, 0.4) is 0 Å². The van der Waals surface area contributed by atoms with Gasteiger partial charge in [0.2, 0.25) is 11.8 Å². The molecule has 1 aliphatic carbocycles. The molecule has 1 aromatic rings. The number of rotatable bonds is 5. The number of thiazole rings is 1. The van der Waals surface area contributed by atoms with Gasteiger partial charge in [-0.1, -0.05) is 26.7 Å². The molecule has 0 aromatic carbocycles. The van der Waals surface area contributed by atoms with Gasteiger partial charge in [0.05, 0.1) is 17.2 Å². The molecule has 0 bridgehead atoms. The van der Waals surface area contributed by atoms with Crippen LogP contribution in [0.1, 0.15) is 69.0 Å². The maximum absolute atomic E-state index is 12.7. The molecule has 25 heavy (non-hydrogen) atoms. The molecule has 138 valence electrons. The van der Waals surface area contributed by atoms with Gasteiger partial charge in [-0.3, -0.25) is 9.59 Å². The molecule has 0 radical (unpaired) electrons. The highest BCUT2D eigenvalue weighted by Gasteiger charge is 2.31. The van der Waals surface area contributed by atoms with Gasteiger partial charge in [0, 0.05) is 36.2 Å². The van der Waals surface area contributed by atoms with Crippen molar-refractivity contribution >= 4 is 23.2 Å². The summed E-state index contributed by atoms with van der Waals surface area (Å²) in [6, 6.07) is 0. The zero-order valence-electron chi connectivity index (χ0n) is 15.3. The fourth-order valence-electron chi connectivity index (χ4n) is 3.78. The van der Waals surface area contributed by atoms with Crippen LogP contribution in [0.4, 0.5) is 0 Å². The lowest BCUT2D eigenvalue weighted by atomic mass is 9.96. The molecule has 5 nitrogen and oxygen atoms in total. The SMILES string of the molecule is CC(C)C(=O)NCc1csc(C2CCCN(C(=O)C3CCCC3)C2)n1. The van der Waals surface area contributed by atoms with Gasteiger partial charge in [-0.2, -0.15) is 0 Å². The van der Waals surface area contributed by atoms with E-state index in [4.69, 9.17) is 4.98 Å². The number of likely N-dealkylation sites (tertiary alicyclic amines) is 1. The Balaban J connectivity index is 1.56. The molecule has 2 heterocycles. The molecule has 3 rings (SSSR count). The largest absolute Gasteiger partial charge is 0.350 e. The lowest BCUT2D eigenvalue weighted by molar-refractivity contribution is -0.136. The number of carbonyl (C=O) groups is 2. The Morgan fingerprint density at radius 2 is 2.04 bits per heavy atom. The van der Waals surface area contributed by atoms with Crippen molar-refractivity contribution in [3.8, 4) is 0 Å². The molecular formula is C19H29N3O2S. The second-order valence-corrected chi connectivity index (χ2v) is 8.54. The third kappa shape index (κ3) is 4.60. The van der Waals surface area contributed by atoms with Crippen LogP contribution >= 0.6 is 11.3 Å². The Morgan fingerprint density at radius 1 is 1.28 bits per heavy atom. The number of amides is 2. The Hall–Kier alpha value is -1.43. The molecule has 1 aliphatic heterocycles. The van der Waals surface area contributed by atoms with E-state index in [9.17, 15) is 9.59 Å². The fourth-order valence-corrected chi connectivity index (χ4v) is 4.73. The molecule has 1 unspecified atom stereocenters. The van der Waals surface area contributed by atoms with E-state index in [1.165, 1.54) is 12.8 Å². The van der Waals surface area contributed by atoms with E-state index in [2.05, 4.69) is 10.2 Å². The summed E-state index contributed by atoms with van der Waals surface area (Å²) in [5.41, 5.74) is 0.924. The second-order valence-electron chi connectivity index (χ2n) is 7.65. The average molecular weight is 364 g/mol. The van der Waals surface area contributed by atoms with E-state index in [-0.39, 0.29) is 17.7 Å². The lowest BCUT2D eigenvalue weighted by Crippen LogP contribution is -2.41. The summed E-state index contributed by atoms with van der Waals surface area (Å²) in [6.07, 6.45) is 6.69. The van der Waals surface area contributed by atoms with Crippen molar-refractivity contribution in [1.29, 1.82) is 0 Å². The van der Waals surface area contributed by atoms with Gasteiger partial charge < -0.3 is 10.2 Å². The van der Waals surface area contributed by atoms with Crippen LogP contribution in [-0.2, 0) is 16.1 Å². The van der Waals surface area contributed by atoms with E-state index < -0.39 is 0 Å². The molecule has 2 fully saturated rings. The van der Waals surface area contributed by atoms with Gasteiger partial charge in [0.1, 0.15) is 0 Å². The van der Waals surface area contributed by atoms with E-state index in [0.717, 1.165) is 49.5 Å². The van der Waals surface area contributed by atoms with Crippen molar-refractivity contribution in [2.45, 2.75) is 64.8 Å². The number of aromatic nitrogens is 1. The molecule has 6 heteroatoms. The van der Waals surface area contributed by atoms with Crippen molar-refractivity contribution in [3.63, 3.8) is 0 Å². The lowest BCUT2D eigenvalue weighted by Gasteiger charge is -2.33. The van der Waals surface area contributed by atoms with Crippen molar-refractivity contribution in [3.05, 3.63) is 16.1 Å². The van der Waals surface area contributed by atoms with E-state index >= 15 is 0 Å².